The van der Waals surface area contributed by atoms with Crippen molar-refractivity contribution >= 4 is 27.0 Å². The van der Waals surface area contributed by atoms with E-state index in [0.717, 1.165) is 34.9 Å². The Bertz CT molecular complexity index is 709. The summed E-state index contributed by atoms with van der Waals surface area (Å²) in [6, 6.07) is 5.70. The van der Waals surface area contributed by atoms with E-state index in [1.54, 1.807) is 6.07 Å². The van der Waals surface area contributed by atoms with Gasteiger partial charge in [0.05, 0.1) is 5.69 Å². The number of anilines is 1. The van der Waals surface area contributed by atoms with Crippen molar-refractivity contribution in [2.45, 2.75) is 17.7 Å². The second-order valence-electron chi connectivity index (χ2n) is 4.26. The van der Waals surface area contributed by atoms with Crippen molar-refractivity contribution < 1.29 is 17.2 Å². The first-order valence-corrected chi connectivity index (χ1v) is 8.49. The highest BCUT2D eigenvalue weighted by molar-refractivity contribution is 7.94. The maximum Gasteiger partial charge on any atom is 0.271 e. The third-order valence-electron chi connectivity index (χ3n) is 2.57. The van der Waals surface area contributed by atoms with Crippen LogP contribution in [0.4, 0.5) is 14.5 Å². The van der Waals surface area contributed by atoms with Crippen molar-refractivity contribution in [2.24, 2.45) is 0 Å². The summed E-state index contributed by atoms with van der Waals surface area (Å²) in [5.74, 6) is -1.68. The summed E-state index contributed by atoms with van der Waals surface area (Å²) < 4.78 is 52.7. The van der Waals surface area contributed by atoms with E-state index in [2.05, 4.69) is 10.0 Å². The molecule has 4 nitrogen and oxygen atoms in total. The second kappa shape index (κ2) is 6.50. The highest BCUT2D eigenvalue weighted by Crippen LogP contribution is 2.24. The normalized spacial score (nSPS) is 11.6. The van der Waals surface area contributed by atoms with Gasteiger partial charge in [-0.3, -0.25) is 4.72 Å². The summed E-state index contributed by atoms with van der Waals surface area (Å²) in [5.41, 5.74) is -0.144. The molecule has 0 aliphatic rings. The Balaban J connectivity index is 2.19. The Morgan fingerprint density at radius 2 is 1.81 bits per heavy atom. The van der Waals surface area contributed by atoms with Crippen LogP contribution in [-0.2, 0) is 16.6 Å². The van der Waals surface area contributed by atoms with E-state index in [-0.39, 0.29) is 9.90 Å². The van der Waals surface area contributed by atoms with Crippen molar-refractivity contribution in [3.8, 4) is 0 Å². The molecule has 0 unspecified atom stereocenters. The Morgan fingerprint density at radius 1 is 1.14 bits per heavy atom. The summed E-state index contributed by atoms with van der Waals surface area (Å²) in [4.78, 5) is 0.864. The number of hydrogen-bond donors (Lipinski definition) is 2. The van der Waals surface area contributed by atoms with Gasteiger partial charge in [0.2, 0.25) is 0 Å². The fraction of sp³-hybridized carbons (Fsp3) is 0.231. The topological polar surface area (TPSA) is 58.2 Å². The van der Waals surface area contributed by atoms with E-state index < -0.39 is 21.7 Å². The summed E-state index contributed by atoms with van der Waals surface area (Å²) >= 11 is 1.11. The lowest BCUT2D eigenvalue weighted by molar-refractivity contribution is 0.584. The van der Waals surface area contributed by atoms with E-state index >= 15 is 0 Å². The fourth-order valence-electron chi connectivity index (χ4n) is 1.66. The molecule has 114 valence electrons. The average Bonchev–Trinajstić information content (AvgIpc) is 2.84. The van der Waals surface area contributed by atoms with Gasteiger partial charge in [-0.25, -0.2) is 17.2 Å². The van der Waals surface area contributed by atoms with Crippen LogP contribution in [0.15, 0.2) is 34.5 Å². The molecule has 1 aromatic carbocycles. The molecule has 0 spiro atoms. The van der Waals surface area contributed by atoms with Crippen LogP contribution in [0.25, 0.3) is 0 Å². The van der Waals surface area contributed by atoms with E-state index in [4.69, 9.17) is 0 Å². The maximum absolute atomic E-state index is 13.1. The number of rotatable bonds is 6. The Hall–Kier alpha value is -1.51. The van der Waals surface area contributed by atoms with Crippen molar-refractivity contribution in [3.63, 3.8) is 0 Å². The zero-order chi connectivity index (χ0) is 15.5. The fourth-order valence-corrected chi connectivity index (χ4v) is 4.03. The molecule has 1 heterocycles. The van der Waals surface area contributed by atoms with Gasteiger partial charge < -0.3 is 5.32 Å². The van der Waals surface area contributed by atoms with Gasteiger partial charge in [-0.2, -0.15) is 0 Å². The van der Waals surface area contributed by atoms with E-state index in [1.165, 1.54) is 6.07 Å². The first kappa shape index (κ1) is 15.9. The monoisotopic (exact) mass is 332 g/mol. The van der Waals surface area contributed by atoms with Gasteiger partial charge in [0, 0.05) is 17.5 Å². The molecule has 0 fully saturated rings. The lowest BCUT2D eigenvalue weighted by atomic mass is 10.3. The summed E-state index contributed by atoms with van der Waals surface area (Å²) in [6.45, 7) is 3.30. The van der Waals surface area contributed by atoms with Crippen molar-refractivity contribution in [1.29, 1.82) is 0 Å². The molecule has 8 heteroatoms. The number of nitrogens with one attached hydrogen (secondary N) is 2. The standard InChI is InChI=1S/C13H14F2N2O2S2/c1-2-16-8-12-3-4-13(20-12)21(18,19)17-11-6-9(14)5-10(15)7-11/h3-7,16-17H,2,8H2,1H3. The SMILES string of the molecule is CCNCc1ccc(S(=O)(=O)Nc2cc(F)cc(F)c2)s1. The zero-order valence-corrected chi connectivity index (χ0v) is 12.8. The molecule has 0 bridgehead atoms. The minimum absolute atomic E-state index is 0.0973. The second-order valence-corrected chi connectivity index (χ2v) is 7.34. The molecule has 2 rings (SSSR count). The average molecular weight is 332 g/mol. The van der Waals surface area contributed by atoms with Crippen LogP contribution in [0.3, 0.4) is 0 Å². The molecule has 2 aromatic rings. The highest BCUT2D eigenvalue weighted by atomic mass is 32.2. The largest absolute Gasteiger partial charge is 0.312 e. The van der Waals surface area contributed by atoms with Crippen molar-refractivity contribution in [3.05, 3.63) is 46.8 Å². The third kappa shape index (κ3) is 4.23. The Labute approximate surface area is 125 Å². The molecule has 0 aliphatic carbocycles. The van der Waals surface area contributed by atoms with Crippen LogP contribution in [0.2, 0.25) is 0 Å². The number of thiophene rings is 1. The Morgan fingerprint density at radius 3 is 2.43 bits per heavy atom. The molecule has 0 atom stereocenters. The maximum atomic E-state index is 13.1. The molecule has 0 amide bonds. The molecule has 0 saturated carbocycles. The van der Waals surface area contributed by atoms with Gasteiger partial charge in [-0.05, 0) is 30.8 Å². The first-order chi connectivity index (χ1) is 9.90. The number of sulfonamides is 1. The van der Waals surface area contributed by atoms with Gasteiger partial charge in [0.25, 0.3) is 10.0 Å². The zero-order valence-electron chi connectivity index (χ0n) is 11.2. The number of benzene rings is 1. The smallest absolute Gasteiger partial charge is 0.271 e. The van der Waals surface area contributed by atoms with Gasteiger partial charge in [-0.15, -0.1) is 11.3 Å². The summed E-state index contributed by atoms with van der Waals surface area (Å²) in [6.07, 6.45) is 0. The van der Waals surface area contributed by atoms with E-state index in [0.29, 0.717) is 12.6 Å². The lowest BCUT2D eigenvalue weighted by Crippen LogP contribution is -2.12. The molecule has 1 aromatic heterocycles. The molecular weight excluding hydrogens is 318 g/mol. The molecule has 0 aliphatic heterocycles. The lowest BCUT2D eigenvalue weighted by Gasteiger charge is -2.06. The van der Waals surface area contributed by atoms with Crippen LogP contribution in [0.5, 0.6) is 0 Å². The van der Waals surface area contributed by atoms with Crippen LogP contribution in [-0.4, -0.2) is 15.0 Å². The van der Waals surface area contributed by atoms with Crippen LogP contribution >= 0.6 is 11.3 Å². The predicted molar refractivity (Wildman–Crippen MR) is 78.9 cm³/mol. The van der Waals surface area contributed by atoms with E-state index in [1.807, 2.05) is 6.92 Å². The van der Waals surface area contributed by atoms with Crippen LogP contribution in [0, 0.1) is 11.6 Å². The quantitative estimate of drug-likeness (QED) is 0.855. The van der Waals surface area contributed by atoms with Gasteiger partial charge in [-0.1, -0.05) is 6.92 Å². The molecule has 21 heavy (non-hydrogen) atoms. The molecular formula is C13H14F2N2O2S2. The third-order valence-corrected chi connectivity index (χ3v) is 5.52. The van der Waals surface area contributed by atoms with Gasteiger partial charge >= 0.3 is 0 Å². The predicted octanol–water partition coefficient (Wildman–Crippen LogP) is 2.94. The van der Waals surface area contributed by atoms with Crippen LogP contribution < -0.4 is 10.0 Å². The molecule has 0 saturated heterocycles. The van der Waals surface area contributed by atoms with Crippen LogP contribution in [0.1, 0.15) is 11.8 Å². The molecule has 2 N–H and O–H groups in total. The van der Waals surface area contributed by atoms with Crippen molar-refractivity contribution in [2.75, 3.05) is 11.3 Å². The minimum Gasteiger partial charge on any atom is -0.312 e. The summed E-state index contributed by atoms with van der Waals surface area (Å²) in [7, 11) is -3.84. The highest BCUT2D eigenvalue weighted by Gasteiger charge is 2.17. The minimum atomic E-state index is -3.84. The van der Waals surface area contributed by atoms with Gasteiger partial charge in [0.1, 0.15) is 15.8 Å². The molecule has 0 radical (unpaired) electrons. The number of halogens is 2. The van der Waals surface area contributed by atoms with Crippen molar-refractivity contribution in [1.82, 2.24) is 5.32 Å². The van der Waals surface area contributed by atoms with E-state index in [9.17, 15) is 17.2 Å². The first-order valence-electron chi connectivity index (χ1n) is 6.19. The summed E-state index contributed by atoms with van der Waals surface area (Å²) in [5, 5.41) is 3.09. The number of hydrogen-bond acceptors (Lipinski definition) is 4. The Kier molecular flexibility index (Phi) is 4.92. The van der Waals surface area contributed by atoms with Gasteiger partial charge in [0.15, 0.2) is 0 Å².